The van der Waals surface area contributed by atoms with Crippen molar-refractivity contribution in [2.24, 2.45) is 5.73 Å². The summed E-state index contributed by atoms with van der Waals surface area (Å²) in [6, 6.07) is 2.90. The fraction of sp³-hybridized carbons (Fsp3) is 0.367. The molecule has 0 saturated carbocycles. The van der Waals surface area contributed by atoms with Crippen LogP contribution in [0.2, 0.25) is 5.02 Å². The third-order valence-electron chi connectivity index (χ3n) is 8.37. The number of nitrogens with zero attached hydrogens (tertiary/aromatic N) is 6. The number of halogens is 3. The minimum atomic E-state index is -1.69. The number of nitrogens with one attached hydrogen (secondary N) is 1. The number of aromatic nitrogens is 4. The van der Waals surface area contributed by atoms with E-state index in [1.54, 1.807) is 6.07 Å². The van der Waals surface area contributed by atoms with Gasteiger partial charge in [0.25, 0.3) is 11.5 Å². The zero-order valence-electron chi connectivity index (χ0n) is 24.8. The number of aromatic hydroxyl groups is 1. The summed E-state index contributed by atoms with van der Waals surface area (Å²) in [5, 5.41) is 12.9. The minimum absolute atomic E-state index is 0.0740. The second-order valence-electron chi connectivity index (χ2n) is 11.7. The van der Waals surface area contributed by atoms with Crippen LogP contribution >= 0.6 is 11.6 Å². The van der Waals surface area contributed by atoms with Crippen LogP contribution in [0.5, 0.6) is 5.75 Å². The molecule has 2 unspecified atom stereocenters. The fourth-order valence-electron chi connectivity index (χ4n) is 6.50. The van der Waals surface area contributed by atoms with Crippen molar-refractivity contribution < 1.29 is 23.5 Å². The molecule has 0 spiro atoms. The van der Waals surface area contributed by atoms with E-state index in [0.717, 1.165) is 19.2 Å². The van der Waals surface area contributed by atoms with E-state index < -0.39 is 45.9 Å². The van der Waals surface area contributed by atoms with Gasteiger partial charge in [0.15, 0.2) is 11.6 Å². The molecule has 0 bridgehead atoms. The highest BCUT2D eigenvalue weighted by molar-refractivity contribution is 6.33. The maximum absolute atomic E-state index is 15.3. The molecule has 3 aromatic heterocycles. The topological polar surface area (TPSA) is 152 Å². The first-order valence-corrected chi connectivity index (χ1v) is 14.8. The normalized spacial score (nSPS) is 18.4. The molecule has 1 fully saturated rings. The smallest absolute Gasteiger partial charge is 0.263 e. The molecule has 2 amide bonds. The number of hydrogen-bond donors (Lipinski definition) is 3. The number of benzene rings is 1. The number of primary amides is 1. The number of aryl methyl sites for hydroxylation is 1. The van der Waals surface area contributed by atoms with Gasteiger partial charge in [-0.2, -0.15) is 4.39 Å². The maximum Gasteiger partial charge on any atom is 0.263 e. The highest BCUT2D eigenvalue weighted by Crippen LogP contribution is 2.36. The van der Waals surface area contributed by atoms with Gasteiger partial charge in [0, 0.05) is 61.5 Å². The third-order valence-corrected chi connectivity index (χ3v) is 8.67. The number of hydrogen-bond acceptors (Lipinski definition) is 8. The second-order valence-corrected chi connectivity index (χ2v) is 12.1. The Morgan fingerprint density at radius 2 is 1.87 bits per heavy atom. The SMILES string of the molecule is CC1CN(C)CC(C)N1c1cc(NC(=O)Cn2cc(-c3cc(C(N)=O)c(O)c(F)c3F)c3c(=O)n4c(nc32)CCC4)c(Cl)cn1. The lowest BCUT2D eigenvalue weighted by Crippen LogP contribution is -2.56. The van der Waals surface area contributed by atoms with Crippen LogP contribution in [0.3, 0.4) is 0 Å². The van der Waals surface area contributed by atoms with Crippen LogP contribution in [-0.4, -0.2) is 73.1 Å². The summed E-state index contributed by atoms with van der Waals surface area (Å²) in [6.07, 6.45) is 3.94. The van der Waals surface area contributed by atoms with Gasteiger partial charge in [-0.05, 0) is 33.4 Å². The van der Waals surface area contributed by atoms with Gasteiger partial charge in [-0.15, -0.1) is 0 Å². The molecular weight excluding hydrogens is 610 g/mol. The molecule has 0 aliphatic carbocycles. The maximum atomic E-state index is 15.3. The Labute approximate surface area is 261 Å². The van der Waals surface area contributed by atoms with Gasteiger partial charge >= 0.3 is 0 Å². The lowest BCUT2D eigenvalue weighted by atomic mass is 10.0. The molecule has 4 N–H and O–H groups in total. The highest BCUT2D eigenvalue weighted by Gasteiger charge is 2.30. The van der Waals surface area contributed by atoms with E-state index in [1.165, 1.54) is 21.5 Å². The van der Waals surface area contributed by atoms with Gasteiger partial charge in [-0.3, -0.25) is 19.0 Å². The quantitative estimate of drug-likeness (QED) is 0.291. The van der Waals surface area contributed by atoms with E-state index in [4.69, 9.17) is 17.3 Å². The Morgan fingerprint density at radius 1 is 1.16 bits per heavy atom. The number of fused-ring (bicyclic) bond motifs is 2. The summed E-state index contributed by atoms with van der Waals surface area (Å²) in [6.45, 7) is 5.88. The number of rotatable bonds is 6. The lowest BCUT2D eigenvalue weighted by molar-refractivity contribution is -0.116. The van der Waals surface area contributed by atoms with Gasteiger partial charge in [-0.1, -0.05) is 11.6 Å². The fourth-order valence-corrected chi connectivity index (χ4v) is 6.65. The van der Waals surface area contributed by atoms with Crippen molar-refractivity contribution >= 4 is 46.0 Å². The molecule has 1 aromatic carbocycles. The van der Waals surface area contributed by atoms with Gasteiger partial charge in [-0.25, -0.2) is 14.4 Å². The molecule has 0 radical (unpaired) electrons. The van der Waals surface area contributed by atoms with E-state index in [1.807, 2.05) is 0 Å². The second kappa shape index (κ2) is 11.4. The van der Waals surface area contributed by atoms with Gasteiger partial charge in [0.05, 0.1) is 27.9 Å². The zero-order chi connectivity index (χ0) is 32.3. The summed E-state index contributed by atoms with van der Waals surface area (Å²) in [4.78, 5) is 52.5. The summed E-state index contributed by atoms with van der Waals surface area (Å²) < 4.78 is 32.8. The molecule has 15 heteroatoms. The number of pyridine rings is 1. The molecule has 4 aromatic rings. The van der Waals surface area contributed by atoms with Gasteiger partial charge in [0.1, 0.15) is 23.8 Å². The average Bonchev–Trinajstić information content (AvgIpc) is 3.58. The Balaban J connectivity index is 1.39. The molecule has 2 aliphatic heterocycles. The van der Waals surface area contributed by atoms with Crippen molar-refractivity contribution in [1.82, 2.24) is 24.0 Å². The molecule has 2 atom stereocenters. The predicted molar refractivity (Wildman–Crippen MR) is 165 cm³/mol. The van der Waals surface area contributed by atoms with Crippen molar-refractivity contribution in [1.29, 1.82) is 0 Å². The third kappa shape index (κ3) is 5.27. The number of piperazine rings is 1. The highest BCUT2D eigenvalue weighted by atomic mass is 35.5. The number of anilines is 2. The molecule has 236 valence electrons. The Kier molecular flexibility index (Phi) is 7.73. The van der Waals surface area contributed by atoms with Crippen molar-refractivity contribution in [3.05, 3.63) is 62.9 Å². The average molecular weight is 641 g/mol. The van der Waals surface area contributed by atoms with E-state index in [9.17, 15) is 23.9 Å². The number of likely N-dealkylation sites (N-methyl/N-ethyl adjacent to an activating group) is 1. The van der Waals surface area contributed by atoms with Crippen molar-refractivity contribution in [2.45, 2.75) is 51.9 Å². The van der Waals surface area contributed by atoms with E-state index in [-0.39, 0.29) is 40.2 Å². The first-order valence-electron chi connectivity index (χ1n) is 14.4. The number of nitrogens with two attached hydrogens (primary N) is 1. The van der Waals surface area contributed by atoms with Crippen LogP contribution in [0.15, 0.2) is 29.3 Å². The van der Waals surface area contributed by atoms with E-state index >= 15 is 4.39 Å². The van der Waals surface area contributed by atoms with E-state index in [2.05, 4.69) is 46.0 Å². The summed E-state index contributed by atoms with van der Waals surface area (Å²) >= 11 is 6.42. The predicted octanol–water partition coefficient (Wildman–Crippen LogP) is 3.11. The van der Waals surface area contributed by atoms with Crippen molar-refractivity contribution in [3.63, 3.8) is 0 Å². The molecule has 1 saturated heterocycles. The van der Waals surface area contributed by atoms with E-state index in [0.29, 0.717) is 36.7 Å². The molecule has 5 heterocycles. The molecular formula is C30H31ClF2N8O4. The number of carbonyl (C=O) groups excluding carboxylic acids is 2. The molecule has 12 nitrogen and oxygen atoms in total. The molecule has 45 heavy (non-hydrogen) atoms. The summed E-state index contributed by atoms with van der Waals surface area (Å²) in [5.74, 6) is -5.01. The largest absolute Gasteiger partial charge is 0.504 e. The van der Waals surface area contributed by atoms with Crippen LogP contribution in [0.4, 0.5) is 20.3 Å². The van der Waals surface area contributed by atoms with Gasteiger partial charge < -0.3 is 30.5 Å². The number of phenols is 1. The zero-order valence-corrected chi connectivity index (χ0v) is 25.5. The van der Waals surface area contributed by atoms with Crippen molar-refractivity contribution in [3.8, 4) is 16.9 Å². The Hall–Kier alpha value is -4.56. The van der Waals surface area contributed by atoms with Gasteiger partial charge in [0.2, 0.25) is 11.7 Å². The number of amides is 2. The monoisotopic (exact) mass is 640 g/mol. The Bertz CT molecular complexity index is 1930. The lowest BCUT2D eigenvalue weighted by Gasteiger charge is -2.44. The standard InChI is InChI=1S/C30H31ClF2N8O4/c1-14-10-38(3)11-15(2)41(14)22-8-20(19(31)9-35-22)36-23(42)13-39-12-18(16-7-17(28(34)44)27(43)26(33)25(16)32)24-29(39)37-21-5-4-6-40(21)30(24)45/h7-9,12,14-15,43H,4-6,10-11,13H2,1-3H3,(H2,34,44)(H,35,36,42). The number of carbonyl (C=O) groups is 2. The first kappa shape index (κ1) is 30.5. The molecule has 6 rings (SSSR count). The summed E-state index contributed by atoms with van der Waals surface area (Å²) in [5.41, 5.74) is 3.92. The van der Waals surface area contributed by atoms with Crippen LogP contribution in [0.25, 0.3) is 22.2 Å². The molecule has 2 aliphatic rings. The van der Waals surface area contributed by atoms with Crippen LogP contribution < -0.4 is 21.5 Å². The van der Waals surface area contributed by atoms with Crippen LogP contribution in [-0.2, 0) is 24.3 Å². The minimum Gasteiger partial charge on any atom is -0.504 e. The Morgan fingerprint density at radius 3 is 2.56 bits per heavy atom. The first-order chi connectivity index (χ1) is 21.3. The summed E-state index contributed by atoms with van der Waals surface area (Å²) in [7, 11) is 2.06. The van der Waals surface area contributed by atoms with Crippen molar-refractivity contribution in [2.75, 3.05) is 30.4 Å². The van der Waals surface area contributed by atoms with Crippen LogP contribution in [0, 0.1) is 11.6 Å². The van der Waals surface area contributed by atoms with Crippen LogP contribution in [0.1, 0.15) is 36.5 Å².